The monoisotopic (exact) mass is 364 g/mol. The molecule has 2 nitrogen and oxygen atoms in total. The summed E-state index contributed by atoms with van der Waals surface area (Å²) in [6, 6.07) is 16.5. The molecule has 0 unspecified atom stereocenters. The van der Waals surface area contributed by atoms with Crippen molar-refractivity contribution >= 4 is 25.8 Å². The van der Waals surface area contributed by atoms with E-state index in [9.17, 15) is 8.42 Å². The third-order valence-electron chi connectivity index (χ3n) is 3.27. The summed E-state index contributed by atoms with van der Waals surface area (Å²) in [5, 5.41) is 0. The minimum atomic E-state index is -3.40. The van der Waals surface area contributed by atoms with Crippen molar-refractivity contribution in [3.63, 3.8) is 0 Å². The van der Waals surface area contributed by atoms with Gasteiger partial charge in [-0.15, -0.1) is 0 Å². The summed E-state index contributed by atoms with van der Waals surface area (Å²) in [6.45, 7) is 3.75. The Morgan fingerprint density at radius 2 is 1.62 bits per heavy atom. The van der Waals surface area contributed by atoms with Crippen molar-refractivity contribution in [3.05, 3.63) is 76.1 Å². The number of allylic oxidation sites excluding steroid dienone is 1. The van der Waals surface area contributed by atoms with E-state index in [2.05, 4.69) is 22.5 Å². The molecule has 0 aromatic heterocycles. The molecule has 21 heavy (non-hydrogen) atoms. The Balaban J connectivity index is 1.94. The summed E-state index contributed by atoms with van der Waals surface area (Å²) >= 11 is 3.40. The molecule has 0 N–H and O–H groups in total. The molecule has 0 heterocycles. The van der Waals surface area contributed by atoms with Crippen molar-refractivity contribution < 1.29 is 8.42 Å². The van der Waals surface area contributed by atoms with Crippen molar-refractivity contribution in [2.24, 2.45) is 0 Å². The second-order valence-electron chi connectivity index (χ2n) is 4.84. The van der Waals surface area contributed by atoms with Crippen molar-refractivity contribution in [1.82, 2.24) is 0 Å². The number of sulfone groups is 1. The van der Waals surface area contributed by atoms with Gasteiger partial charge in [0.2, 0.25) is 9.84 Å². The highest BCUT2D eigenvalue weighted by Crippen LogP contribution is 2.22. The van der Waals surface area contributed by atoms with Crippen molar-refractivity contribution in [2.45, 2.75) is 24.2 Å². The lowest BCUT2D eigenvalue weighted by Crippen LogP contribution is -2.04. The van der Waals surface area contributed by atoms with Crippen LogP contribution in [0, 0.1) is 0 Å². The first kappa shape index (κ1) is 16.0. The number of benzene rings is 2. The first-order valence-corrected chi connectivity index (χ1v) is 9.00. The molecule has 0 amide bonds. The van der Waals surface area contributed by atoms with Gasteiger partial charge < -0.3 is 0 Å². The molecule has 0 fully saturated rings. The predicted molar refractivity (Wildman–Crippen MR) is 89.8 cm³/mol. The van der Waals surface area contributed by atoms with E-state index < -0.39 is 9.84 Å². The molecule has 0 atom stereocenters. The Morgan fingerprint density at radius 3 is 2.24 bits per heavy atom. The Hall–Kier alpha value is -1.39. The van der Waals surface area contributed by atoms with Crippen LogP contribution in [-0.4, -0.2) is 8.42 Å². The Bertz CT molecular complexity index is 704. The van der Waals surface area contributed by atoms with Gasteiger partial charge in [0.25, 0.3) is 0 Å². The van der Waals surface area contributed by atoms with Gasteiger partial charge in [-0.3, -0.25) is 0 Å². The lowest BCUT2D eigenvalue weighted by atomic mass is 10.1. The zero-order valence-corrected chi connectivity index (χ0v) is 14.0. The van der Waals surface area contributed by atoms with Gasteiger partial charge >= 0.3 is 0 Å². The summed E-state index contributed by atoms with van der Waals surface area (Å²) in [5.74, 6) is 0. The Kier molecular flexibility index (Phi) is 5.37. The molecule has 2 rings (SSSR count). The van der Waals surface area contributed by atoms with E-state index in [4.69, 9.17) is 0 Å². The summed E-state index contributed by atoms with van der Waals surface area (Å²) in [4.78, 5) is 0.601. The van der Waals surface area contributed by atoms with Crippen LogP contribution in [0.4, 0.5) is 0 Å². The topological polar surface area (TPSA) is 34.1 Å². The molecule has 0 aliphatic rings. The zero-order valence-electron chi connectivity index (χ0n) is 11.6. The summed E-state index contributed by atoms with van der Waals surface area (Å²) in [7, 11) is -3.40. The predicted octanol–water partition coefficient (Wildman–Crippen LogP) is 4.76. The molecule has 2 aromatic rings. The maximum absolute atomic E-state index is 12.3. The second-order valence-corrected chi connectivity index (χ2v) is 7.81. The fourth-order valence-corrected chi connectivity index (χ4v) is 3.57. The molecule has 0 radical (unpaired) electrons. The Labute approximate surface area is 134 Å². The van der Waals surface area contributed by atoms with Gasteiger partial charge in [0.1, 0.15) is 0 Å². The van der Waals surface area contributed by atoms with Gasteiger partial charge in [0, 0.05) is 9.38 Å². The maximum atomic E-state index is 12.3. The van der Waals surface area contributed by atoms with Crippen LogP contribution in [0.1, 0.15) is 18.4 Å². The lowest BCUT2D eigenvalue weighted by molar-refractivity contribution is 0.599. The molecular formula is C17H17BrO2S. The van der Waals surface area contributed by atoms with Crippen LogP contribution >= 0.6 is 15.9 Å². The van der Waals surface area contributed by atoms with Gasteiger partial charge in [-0.05, 0) is 49.1 Å². The molecule has 0 saturated heterocycles. The molecule has 0 aliphatic carbocycles. The van der Waals surface area contributed by atoms with Gasteiger partial charge in [0.05, 0.1) is 4.90 Å². The fourth-order valence-electron chi connectivity index (χ4n) is 2.04. The average molecular weight is 365 g/mol. The van der Waals surface area contributed by atoms with E-state index in [1.807, 2.05) is 24.3 Å². The van der Waals surface area contributed by atoms with Crippen LogP contribution < -0.4 is 0 Å². The molecule has 0 bridgehead atoms. The molecule has 0 saturated carbocycles. The van der Waals surface area contributed by atoms with Gasteiger partial charge in [-0.2, -0.15) is 0 Å². The van der Waals surface area contributed by atoms with E-state index in [-0.39, 0.29) is 4.91 Å². The molecule has 4 heteroatoms. The zero-order chi connectivity index (χ0) is 15.3. The number of hydrogen-bond donors (Lipinski definition) is 0. The Morgan fingerprint density at radius 1 is 1.00 bits per heavy atom. The van der Waals surface area contributed by atoms with Crippen molar-refractivity contribution in [3.8, 4) is 0 Å². The third kappa shape index (κ3) is 4.29. The highest BCUT2D eigenvalue weighted by molar-refractivity contribution is 9.10. The van der Waals surface area contributed by atoms with E-state index >= 15 is 0 Å². The highest BCUT2D eigenvalue weighted by Gasteiger charge is 2.17. The number of aryl methyl sites for hydroxylation is 1. The average Bonchev–Trinajstić information content (AvgIpc) is 2.50. The minimum Gasteiger partial charge on any atom is -0.219 e. The summed E-state index contributed by atoms with van der Waals surface area (Å²) in [5.41, 5.74) is 1.20. The second kappa shape index (κ2) is 7.05. The molecule has 0 aliphatic heterocycles. The third-order valence-corrected chi connectivity index (χ3v) is 5.65. The standard InChI is InChI=1S/C17H17BrO2S/c1-14(21(19,20)17-8-3-2-4-9-17)6-5-7-15-10-12-16(18)13-11-15/h2-4,8-13H,1,5-7H2. The molecule has 110 valence electrons. The van der Waals surface area contributed by atoms with Crippen LogP contribution in [0.15, 0.2) is 75.4 Å². The fraction of sp³-hybridized carbons (Fsp3) is 0.176. The van der Waals surface area contributed by atoms with Crippen LogP contribution in [0.5, 0.6) is 0 Å². The minimum absolute atomic E-state index is 0.283. The summed E-state index contributed by atoms with van der Waals surface area (Å²) < 4.78 is 25.7. The van der Waals surface area contributed by atoms with Crippen molar-refractivity contribution in [1.29, 1.82) is 0 Å². The first-order chi connectivity index (χ1) is 10.00. The van der Waals surface area contributed by atoms with Crippen LogP contribution in [0.2, 0.25) is 0 Å². The largest absolute Gasteiger partial charge is 0.219 e. The smallest absolute Gasteiger partial charge is 0.202 e. The lowest BCUT2D eigenvalue weighted by Gasteiger charge is -2.08. The van der Waals surface area contributed by atoms with Crippen LogP contribution in [-0.2, 0) is 16.3 Å². The number of hydrogen-bond acceptors (Lipinski definition) is 2. The van der Waals surface area contributed by atoms with E-state index in [0.29, 0.717) is 11.3 Å². The van der Waals surface area contributed by atoms with Crippen LogP contribution in [0.3, 0.4) is 0 Å². The number of rotatable bonds is 6. The highest BCUT2D eigenvalue weighted by atomic mass is 79.9. The van der Waals surface area contributed by atoms with Crippen LogP contribution in [0.25, 0.3) is 0 Å². The molecule has 0 spiro atoms. The number of halogens is 1. The normalized spacial score (nSPS) is 11.3. The first-order valence-electron chi connectivity index (χ1n) is 6.72. The summed E-state index contributed by atoms with van der Waals surface area (Å²) in [6.07, 6.45) is 2.09. The van der Waals surface area contributed by atoms with E-state index in [1.165, 1.54) is 5.56 Å². The quantitative estimate of drug-likeness (QED) is 0.740. The van der Waals surface area contributed by atoms with Crippen molar-refractivity contribution in [2.75, 3.05) is 0 Å². The van der Waals surface area contributed by atoms with E-state index in [0.717, 1.165) is 17.3 Å². The molecule has 2 aromatic carbocycles. The van der Waals surface area contributed by atoms with Gasteiger partial charge in [-0.25, -0.2) is 8.42 Å². The van der Waals surface area contributed by atoms with Gasteiger partial charge in [0.15, 0.2) is 0 Å². The van der Waals surface area contributed by atoms with Gasteiger partial charge in [-0.1, -0.05) is 52.8 Å². The maximum Gasteiger partial charge on any atom is 0.202 e. The SMILES string of the molecule is C=C(CCCc1ccc(Br)cc1)S(=O)(=O)c1ccccc1. The van der Waals surface area contributed by atoms with E-state index in [1.54, 1.807) is 30.3 Å². The molecular weight excluding hydrogens is 348 g/mol.